The van der Waals surface area contributed by atoms with Crippen molar-refractivity contribution in [2.45, 2.75) is 52.0 Å². The molecule has 142 valence electrons. The van der Waals surface area contributed by atoms with Gasteiger partial charge in [0.05, 0.1) is 0 Å². The number of nitrogens with zero attached hydrogens (tertiary/aromatic N) is 4. The molecule has 1 aromatic rings. The SMILES string of the molecule is CC1CC(C)CN(c2cc(N3CCCC3)nc(NC(=S)NC3CC3)n2)C1. The lowest BCUT2D eigenvalue weighted by atomic mass is 9.92. The molecular formula is C19H30N6S. The smallest absolute Gasteiger partial charge is 0.232 e. The average molecular weight is 375 g/mol. The van der Waals surface area contributed by atoms with Gasteiger partial charge in [0.1, 0.15) is 11.6 Å². The van der Waals surface area contributed by atoms with Crippen LogP contribution in [0.3, 0.4) is 0 Å². The number of piperidine rings is 1. The molecule has 0 bridgehead atoms. The predicted molar refractivity (Wildman–Crippen MR) is 111 cm³/mol. The third-order valence-electron chi connectivity index (χ3n) is 5.46. The summed E-state index contributed by atoms with van der Waals surface area (Å²) in [4.78, 5) is 14.4. The number of hydrogen-bond acceptors (Lipinski definition) is 5. The quantitative estimate of drug-likeness (QED) is 0.786. The van der Waals surface area contributed by atoms with E-state index in [0.717, 1.165) is 37.8 Å². The van der Waals surface area contributed by atoms with E-state index in [2.05, 4.69) is 40.3 Å². The van der Waals surface area contributed by atoms with Crippen LogP contribution < -0.4 is 20.4 Å². The molecule has 26 heavy (non-hydrogen) atoms. The molecule has 0 radical (unpaired) electrons. The molecule has 0 amide bonds. The van der Waals surface area contributed by atoms with Crippen LogP contribution in [-0.2, 0) is 0 Å². The molecule has 0 aromatic carbocycles. The van der Waals surface area contributed by atoms with Gasteiger partial charge in [0, 0.05) is 38.3 Å². The number of rotatable bonds is 4. The minimum Gasteiger partial charge on any atom is -0.360 e. The van der Waals surface area contributed by atoms with E-state index in [-0.39, 0.29) is 0 Å². The third kappa shape index (κ3) is 4.37. The number of nitrogens with one attached hydrogen (secondary N) is 2. The van der Waals surface area contributed by atoms with E-state index in [1.807, 2.05) is 0 Å². The normalized spacial score (nSPS) is 26.1. The molecule has 2 unspecified atom stereocenters. The fourth-order valence-electron chi connectivity index (χ4n) is 4.15. The zero-order chi connectivity index (χ0) is 18.1. The van der Waals surface area contributed by atoms with Gasteiger partial charge in [-0.1, -0.05) is 13.8 Å². The number of hydrogen-bond donors (Lipinski definition) is 2. The van der Waals surface area contributed by atoms with Crippen molar-refractivity contribution in [3.63, 3.8) is 0 Å². The maximum atomic E-state index is 5.44. The van der Waals surface area contributed by atoms with Crippen molar-refractivity contribution in [3.8, 4) is 0 Å². The molecule has 2 aliphatic heterocycles. The molecule has 3 aliphatic rings. The molecule has 1 aromatic heterocycles. The van der Waals surface area contributed by atoms with Gasteiger partial charge in [-0.05, 0) is 56.2 Å². The van der Waals surface area contributed by atoms with Gasteiger partial charge in [-0.3, -0.25) is 0 Å². The van der Waals surface area contributed by atoms with E-state index in [4.69, 9.17) is 22.2 Å². The van der Waals surface area contributed by atoms with Gasteiger partial charge in [-0.15, -0.1) is 0 Å². The van der Waals surface area contributed by atoms with Crippen LogP contribution in [0.15, 0.2) is 6.07 Å². The first-order chi connectivity index (χ1) is 12.6. The largest absolute Gasteiger partial charge is 0.360 e. The summed E-state index contributed by atoms with van der Waals surface area (Å²) in [7, 11) is 0. The standard InChI is InChI=1S/C19H30N6S/c1-13-9-14(2)12-25(11-13)17-10-16(24-7-3-4-8-24)21-18(22-17)23-19(26)20-15-5-6-15/h10,13-15H,3-9,11-12H2,1-2H3,(H2,20,21,22,23,26). The van der Waals surface area contributed by atoms with Crippen LogP contribution >= 0.6 is 12.2 Å². The summed E-state index contributed by atoms with van der Waals surface area (Å²) in [5, 5.41) is 7.18. The summed E-state index contributed by atoms with van der Waals surface area (Å²) >= 11 is 5.44. The summed E-state index contributed by atoms with van der Waals surface area (Å²) in [5.41, 5.74) is 0. The van der Waals surface area contributed by atoms with Gasteiger partial charge >= 0.3 is 0 Å². The number of thiocarbonyl (C=S) groups is 1. The maximum absolute atomic E-state index is 5.44. The van der Waals surface area contributed by atoms with E-state index in [9.17, 15) is 0 Å². The Balaban J connectivity index is 1.57. The molecule has 4 rings (SSSR count). The summed E-state index contributed by atoms with van der Waals surface area (Å²) in [6.07, 6.45) is 6.17. The zero-order valence-electron chi connectivity index (χ0n) is 15.9. The highest BCUT2D eigenvalue weighted by molar-refractivity contribution is 7.80. The van der Waals surface area contributed by atoms with Crippen LogP contribution in [0, 0.1) is 11.8 Å². The second-order valence-corrected chi connectivity index (χ2v) is 8.73. The summed E-state index contributed by atoms with van der Waals surface area (Å²) in [6.45, 7) is 8.94. The van der Waals surface area contributed by atoms with Gasteiger partial charge in [0.15, 0.2) is 5.11 Å². The summed E-state index contributed by atoms with van der Waals surface area (Å²) in [6, 6.07) is 2.69. The lowest BCUT2D eigenvalue weighted by Crippen LogP contribution is -2.39. The van der Waals surface area contributed by atoms with E-state index < -0.39 is 0 Å². The first kappa shape index (κ1) is 17.8. The molecule has 0 spiro atoms. The molecule has 7 heteroatoms. The molecule has 2 saturated heterocycles. The van der Waals surface area contributed by atoms with Crippen molar-refractivity contribution >= 4 is 34.9 Å². The minimum atomic E-state index is 0.528. The Hall–Kier alpha value is -1.63. The van der Waals surface area contributed by atoms with Crippen LogP contribution in [0.2, 0.25) is 0 Å². The summed E-state index contributed by atoms with van der Waals surface area (Å²) in [5.74, 6) is 4.05. The Bertz CT molecular complexity index is 645. The second kappa shape index (κ2) is 7.55. The minimum absolute atomic E-state index is 0.528. The van der Waals surface area contributed by atoms with E-state index in [1.54, 1.807) is 0 Å². The zero-order valence-corrected chi connectivity index (χ0v) is 16.7. The molecule has 1 aliphatic carbocycles. The Morgan fingerprint density at radius 1 is 1.04 bits per heavy atom. The maximum Gasteiger partial charge on any atom is 0.232 e. The van der Waals surface area contributed by atoms with Crippen molar-refractivity contribution in [2.75, 3.05) is 41.3 Å². The van der Waals surface area contributed by atoms with Crippen LogP contribution in [0.4, 0.5) is 17.6 Å². The van der Waals surface area contributed by atoms with Crippen molar-refractivity contribution in [1.82, 2.24) is 15.3 Å². The molecule has 3 heterocycles. The van der Waals surface area contributed by atoms with Crippen molar-refractivity contribution in [1.29, 1.82) is 0 Å². The Kier molecular flexibility index (Phi) is 5.16. The van der Waals surface area contributed by atoms with Crippen LogP contribution in [0.25, 0.3) is 0 Å². The molecule has 2 atom stereocenters. The highest BCUT2D eigenvalue weighted by atomic mass is 32.1. The number of anilines is 3. The van der Waals surface area contributed by atoms with E-state index in [0.29, 0.717) is 28.9 Å². The first-order valence-electron chi connectivity index (χ1n) is 10.0. The van der Waals surface area contributed by atoms with E-state index >= 15 is 0 Å². The first-order valence-corrected chi connectivity index (χ1v) is 10.4. The van der Waals surface area contributed by atoms with Crippen molar-refractivity contribution < 1.29 is 0 Å². The summed E-state index contributed by atoms with van der Waals surface area (Å²) < 4.78 is 0. The van der Waals surface area contributed by atoms with Gasteiger partial charge < -0.3 is 20.4 Å². The molecule has 6 nitrogen and oxygen atoms in total. The molecule has 1 saturated carbocycles. The Morgan fingerprint density at radius 3 is 2.27 bits per heavy atom. The highest BCUT2D eigenvalue weighted by Crippen LogP contribution is 2.29. The van der Waals surface area contributed by atoms with Gasteiger partial charge in [-0.2, -0.15) is 9.97 Å². The fraction of sp³-hybridized carbons (Fsp3) is 0.737. The van der Waals surface area contributed by atoms with Gasteiger partial charge in [-0.25, -0.2) is 0 Å². The second-order valence-electron chi connectivity index (χ2n) is 8.33. The molecular weight excluding hydrogens is 344 g/mol. The Labute approximate surface area is 161 Å². The molecule has 3 fully saturated rings. The van der Waals surface area contributed by atoms with Crippen molar-refractivity contribution in [2.24, 2.45) is 11.8 Å². The topological polar surface area (TPSA) is 56.3 Å². The highest BCUT2D eigenvalue weighted by Gasteiger charge is 2.26. The Morgan fingerprint density at radius 2 is 1.65 bits per heavy atom. The van der Waals surface area contributed by atoms with Crippen molar-refractivity contribution in [3.05, 3.63) is 6.07 Å². The predicted octanol–water partition coefficient (Wildman–Crippen LogP) is 3.01. The van der Waals surface area contributed by atoms with Crippen LogP contribution in [0.5, 0.6) is 0 Å². The number of aromatic nitrogens is 2. The fourth-order valence-corrected chi connectivity index (χ4v) is 4.41. The lowest BCUT2D eigenvalue weighted by Gasteiger charge is -2.36. The van der Waals surface area contributed by atoms with Crippen LogP contribution in [0.1, 0.15) is 46.0 Å². The lowest BCUT2D eigenvalue weighted by molar-refractivity contribution is 0.355. The van der Waals surface area contributed by atoms with E-state index in [1.165, 1.54) is 32.1 Å². The monoisotopic (exact) mass is 374 g/mol. The van der Waals surface area contributed by atoms with Crippen LogP contribution in [-0.4, -0.2) is 47.3 Å². The van der Waals surface area contributed by atoms with Gasteiger partial charge in [0.2, 0.25) is 5.95 Å². The molecule has 2 N–H and O–H groups in total. The van der Waals surface area contributed by atoms with Gasteiger partial charge in [0.25, 0.3) is 0 Å². The average Bonchev–Trinajstić information content (AvgIpc) is 3.22. The third-order valence-corrected chi connectivity index (χ3v) is 5.68.